The van der Waals surface area contributed by atoms with E-state index >= 15 is 0 Å². The molecule has 0 aliphatic carbocycles. The van der Waals surface area contributed by atoms with Crippen LogP contribution in [0.4, 0.5) is 11.5 Å². The van der Waals surface area contributed by atoms with E-state index in [0.717, 1.165) is 12.0 Å². The molecule has 0 aliphatic rings. The zero-order valence-electron chi connectivity index (χ0n) is 13.1. The molecule has 7 heteroatoms. The van der Waals surface area contributed by atoms with Gasteiger partial charge >= 0.3 is 0 Å². The SMILES string of the molecule is COCCCNc1cc(C(=O)Nc2ccc(C)c(Cl)c2)ncn1. The van der Waals surface area contributed by atoms with Crippen molar-refractivity contribution in [2.24, 2.45) is 0 Å². The lowest BCUT2D eigenvalue weighted by molar-refractivity contribution is 0.102. The van der Waals surface area contributed by atoms with E-state index in [-0.39, 0.29) is 11.6 Å². The Morgan fingerprint density at radius 3 is 2.87 bits per heavy atom. The molecule has 6 nitrogen and oxygen atoms in total. The average molecular weight is 335 g/mol. The van der Waals surface area contributed by atoms with Crippen LogP contribution < -0.4 is 10.6 Å². The molecule has 23 heavy (non-hydrogen) atoms. The quantitative estimate of drug-likeness (QED) is 0.761. The van der Waals surface area contributed by atoms with E-state index in [4.69, 9.17) is 16.3 Å². The molecule has 0 fully saturated rings. The van der Waals surface area contributed by atoms with Gasteiger partial charge in [-0.15, -0.1) is 0 Å². The van der Waals surface area contributed by atoms with Crippen LogP contribution in [0.15, 0.2) is 30.6 Å². The van der Waals surface area contributed by atoms with Gasteiger partial charge in [0, 0.05) is 37.0 Å². The molecule has 1 heterocycles. The number of rotatable bonds is 7. The van der Waals surface area contributed by atoms with Crippen molar-refractivity contribution in [2.45, 2.75) is 13.3 Å². The van der Waals surface area contributed by atoms with E-state index in [0.29, 0.717) is 29.7 Å². The Bertz CT molecular complexity index is 679. The molecule has 1 aromatic carbocycles. The number of aromatic nitrogens is 2. The van der Waals surface area contributed by atoms with Crippen LogP contribution in [0.1, 0.15) is 22.5 Å². The number of benzene rings is 1. The van der Waals surface area contributed by atoms with E-state index in [9.17, 15) is 4.79 Å². The smallest absolute Gasteiger partial charge is 0.274 e. The topological polar surface area (TPSA) is 76.1 Å². The number of hydrogen-bond acceptors (Lipinski definition) is 5. The van der Waals surface area contributed by atoms with E-state index in [1.165, 1.54) is 6.33 Å². The Morgan fingerprint density at radius 1 is 1.30 bits per heavy atom. The monoisotopic (exact) mass is 334 g/mol. The van der Waals surface area contributed by atoms with Crippen LogP contribution in [0.5, 0.6) is 0 Å². The van der Waals surface area contributed by atoms with Gasteiger partial charge in [0.15, 0.2) is 0 Å². The van der Waals surface area contributed by atoms with Crippen molar-refractivity contribution in [3.05, 3.63) is 46.9 Å². The molecule has 0 saturated carbocycles. The zero-order chi connectivity index (χ0) is 16.7. The maximum atomic E-state index is 12.2. The minimum atomic E-state index is -0.313. The van der Waals surface area contributed by atoms with Gasteiger partial charge in [-0.25, -0.2) is 9.97 Å². The van der Waals surface area contributed by atoms with Gasteiger partial charge in [-0.3, -0.25) is 4.79 Å². The first kappa shape index (κ1) is 17.2. The number of carbonyl (C=O) groups is 1. The minimum Gasteiger partial charge on any atom is -0.385 e. The number of carbonyl (C=O) groups excluding carboxylic acids is 1. The first-order chi connectivity index (χ1) is 11.1. The summed E-state index contributed by atoms with van der Waals surface area (Å²) in [6.45, 7) is 3.28. The molecule has 2 aromatic rings. The number of anilines is 2. The molecule has 2 N–H and O–H groups in total. The van der Waals surface area contributed by atoms with Crippen molar-refractivity contribution in [1.29, 1.82) is 0 Å². The second kappa shape index (κ2) is 8.45. The van der Waals surface area contributed by atoms with Crippen LogP contribution in [0.3, 0.4) is 0 Å². The lowest BCUT2D eigenvalue weighted by Crippen LogP contribution is -2.15. The summed E-state index contributed by atoms with van der Waals surface area (Å²) in [7, 11) is 1.66. The lowest BCUT2D eigenvalue weighted by Gasteiger charge is -2.08. The number of methoxy groups -OCH3 is 1. The predicted octanol–water partition coefficient (Wildman–Crippen LogP) is 3.14. The highest BCUT2D eigenvalue weighted by Crippen LogP contribution is 2.20. The molecule has 0 radical (unpaired) electrons. The number of halogens is 1. The zero-order valence-corrected chi connectivity index (χ0v) is 13.9. The van der Waals surface area contributed by atoms with Crippen LogP contribution >= 0.6 is 11.6 Å². The maximum absolute atomic E-state index is 12.2. The molecule has 0 bridgehead atoms. The second-order valence-corrected chi connectivity index (χ2v) is 5.39. The highest BCUT2D eigenvalue weighted by molar-refractivity contribution is 6.31. The lowest BCUT2D eigenvalue weighted by atomic mass is 10.2. The fourth-order valence-electron chi connectivity index (χ4n) is 1.88. The van der Waals surface area contributed by atoms with Gasteiger partial charge in [-0.1, -0.05) is 17.7 Å². The van der Waals surface area contributed by atoms with Gasteiger partial charge in [-0.05, 0) is 31.0 Å². The maximum Gasteiger partial charge on any atom is 0.274 e. The average Bonchev–Trinajstić information content (AvgIpc) is 2.55. The molecule has 2 rings (SSSR count). The number of amides is 1. The van der Waals surface area contributed by atoms with Crippen molar-refractivity contribution in [2.75, 3.05) is 30.9 Å². The van der Waals surface area contributed by atoms with Crippen LogP contribution in [0.2, 0.25) is 5.02 Å². The Hall–Kier alpha value is -2.18. The summed E-state index contributed by atoms with van der Waals surface area (Å²) in [4.78, 5) is 20.3. The molecule has 0 unspecified atom stereocenters. The van der Waals surface area contributed by atoms with Gasteiger partial charge in [-0.2, -0.15) is 0 Å². The van der Waals surface area contributed by atoms with Gasteiger partial charge in [0.2, 0.25) is 0 Å². The summed E-state index contributed by atoms with van der Waals surface area (Å²) in [5.74, 6) is 0.287. The molecule has 1 aromatic heterocycles. The van der Waals surface area contributed by atoms with Gasteiger partial charge in [0.1, 0.15) is 17.8 Å². The summed E-state index contributed by atoms with van der Waals surface area (Å²) in [6.07, 6.45) is 2.21. The number of hydrogen-bond donors (Lipinski definition) is 2. The van der Waals surface area contributed by atoms with E-state index in [2.05, 4.69) is 20.6 Å². The number of ether oxygens (including phenoxy) is 1. The number of nitrogens with zero attached hydrogens (tertiary/aromatic N) is 2. The van der Waals surface area contributed by atoms with E-state index in [1.807, 2.05) is 13.0 Å². The van der Waals surface area contributed by atoms with Crippen molar-refractivity contribution in [3.63, 3.8) is 0 Å². The van der Waals surface area contributed by atoms with Crippen molar-refractivity contribution in [1.82, 2.24) is 9.97 Å². The molecule has 0 aliphatic heterocycles. The van der Waals surface area contributed by atoms with Crippen LogP contribution in [-0.4, -0.2) is 36.1 Å². The van der Waals surface area contributed by atoms with Crippen molar-refractivity contribution in [3.8, 4) is 0 Å². The summed E-state index contributed by atoms with van der Waals surface area (Å²) in [5, 5.41) is 6.49. The van der Waals surface area contributed by atoms with Gasteiger partial charge in [0.05, 0.1) is 0 Å². The largest absolute Gasteiger partial charge is 0.385 e. The normalized spacial score (nSPS) is 10.4. The third kappa shape index (κ3) is 5.19. The fraction of sp³-hybridized carbons (Fsp3) is 0.312. The standard InChI is InChI=1S/C16H19ClN4O2/c1-11-4-5-12(8-13(11)17)21-16(22)14-9-15(20-10-19-14)18-6-3-7-23-2/h4-5,8-10H,3,6-7H2,1-2H3,(H,21,22)(H,18,19,20). The summed E-state index contributed by atoms with van der Waals surface area (Å²) in [5.41, 5.74) is 1.86. The van der Waals surface area contributed by atoms with Crippen LogP contribution in [0, 0.1) is 6.92 Å². The molecule has 122 valence electrons. The molecule has 0 atom stereocenters. The predicted molar refractivity (Wildman–Crippen MR) is 91.2 cm³/mol. The minimum absolute atomic E-state index is 0.283. The first-order valence-electron chi connectivity index (χ1n) is 7.22. The second-order valence-electron chi connectivity index (χ2n) is 4.98. The fourth-order valence-corrected chi connectivity index (χ4v) is 2.06. The molecule has 0 spiro atoms. The summed E-state index contributed by atoms with van der Waals surface area (Å²) >= 11 is 6.05. The Balaban J connectivity index is 2.00. The van der Waals surface area contributed by atoms with Gasteiger partial charge in [0.25, 0.3) is 5.91 Å². The molecule has 0 saturated heterocycles. The number of aryl methyl sites for hydroxylation is 1. The molecular formula is C16H19ClN4O2. The third-order valence-electron chi connectivity index (χ3n) is 3.16. The number of nitrogens with one attached hydrogen (secondary N) is 2. The first-order valence-corrected chi connectivity index (χ1v) is 7.60. The van der Waals surface area contributed by atoms with E-state index < -0.39 is 0 Å². The third-order valence-corrected chi connectivity index (χ3v) is 3.57. The Morgan fingerprint density at radius 2 is 2.13 bits per heavy atom. The van der Waals surface area contributed by atoms with Crippen LogP contribution in [0.25, 0.3) is 0 Å². The summed E-state index contributed by atoms with van der Waals surface area (Å²) < 4.78 is 4.98. The Kier molecular flexibility index (Phi) is 6.31. The van der Waals surface area contributed by atoms with Gasteiger partial charge < -0.3 is 15.4 Å². The molecule has 1 amide bonds. The summed E-state index contributed by atoms with van der Waals surface area (Å²) in [6, 6.07) is 6.96. The molecular weight excluding hydrogens is 316 g/mol. The highest BCUT2D eigenvalue weighted by Gasteiger charge is 2.10. The van der Waals surface area contributed by atoms with E-state index in [1.54, 1.807) is 25.3 Å². The Labute approximate surface area is 140 Å². The van der Waals surface area contributed by atoms with Crippen molar-refractivity contribution < 1.29 is 9.53 Å². The highest BCUT2D eigenvalue weighted by atomic mass is 35.5. The van der Waals surface area contributed by atoms with Crippen molar-refractivity contribution >= 4 is 29.0 Å². The van der Waals surface area contributed by atoms with Crippen LogP contribution in [-0.2, 0) is 4.74 Å².